The van der Waals surface area contributed by atoms with Gasteiger partial charge in [0.25, 0.3) is 5.91 Å². The highest BCUT2D eigenvalue weighted by Gasteiger charge is 2.24. The van der Waals surface area contributed by atoms with Gasteiger partial charge in [-0.2, -0.15) is 0 Å². The van der Waals surface area contributed by atoms with Gasteiger partial charge in [-0.25, -0.2) is 0 Å². The standard InChI is InChI=1S/C20H32N4O.HI/c1-14-10-15(2)12-18(11-14)24-20(22-4)23-9-8-16-6-5-7-17(13-16)19(25)21-3;/h5-7,13-15,18H,8-12H2,1-4H3,(H,21,25)(H2,22,23,24);1H. The summed E-state index contributed by atoms with van der Waals surface area (Å²) in [6.45, 7) is 5.45. The van der Waals surface area contributed by atoms with Gasteiger partial charge in [0.2, 0.25) is 0 Å². The molecule has 0 aromatic heterocycles. The van der Waals surface area contributed by atoms with Crippen LogP contribution < -0.4 is 16.0 Å². The van der Waals surface area contributed by atoms with Gasteiger partial charge < -0.3 is 16.0 Å². The highest BCUT2D eigenvalue weighted by molar-refractivity contribution is 14.0. The number of carbonyl (C=O) groups excluding carboxylic acids is 1. The van der Waals surface area contributed by atoms with E-state index >= 15 is 0 Å². The van der Waals surface area contributed by atoms with Crippen molar-refractivity contribution >= 4 is 35.8 Å². The Bertz CT molecular complexity index is 595. The molecule has 1 aromatic carbocycles. The summed E-state index contributed by atoms with van der Waals surface area (Å²) in [6.07, 6.45) is 4.59. The van der Waals surface area contributed by atoms with Gasteiger partial charge in [-0.15, -0.1) is 24.0 Å². The second-order valence-corrected chi connectivity index (χ2v) is 7.29. The number of carbonyl (C=O) groups is 1. The number of amides is 1. The van der Waals surface area contributed by atoms with Gasteiger partial charge in [0.15, 0.2) is 5.96 Å². The Morgan fingerprint density at radius 2 is 1.88 bits per heavy atom. The lowest BCUT2D eigenvalue weighted by Crippen LogP contribution is -2.46. The molecule has 2 unspecified atom stereocenters. The second-order valence-electron chi connectivity index (χ2n) is 7.29. The van der Waals surface area contributed by atoms with E-state index in [1.165, 1.54) is 19.3 Å². The zero-order valence-electron chi connectivity index (χ0n) is 16.3. The summed E-state index contributed by atoms with van der Waals surface area (Å²) in [4.78, 5) is 16.1. The van der Waals surface area contributed by atoms with E-state index in [1.807, 2.05) is 25.2 Å². The molecule has 1 aliphatic rings. The minimum Gasteiger partial charge on any atom is -0.356 e. The van der Waals surface area contributed by atoms with Crippen LogP contribution in [0, 0.1) is 11.8 Å². The first-order valence-corrected chi connectivity index (χ1v) is 9.30. The van der Waals surface area contributed by atoms with Crippen molar-refractivity contribution in [3.63, 3.8) is 0 Å². The van der Waals surface area contributed by atoms with Crippen molar-refractivity contribution in [3.05, 3.63) is 35.4 Å². The molecule has 0 radical (unpaired) electrons. The van der Waals surface area contributed by atoms with Gasteiger partial charge in [-0.1, -0.05) is 26.0 Å². The van der Waals surface area contributed by atoms with E-state index in [1.54, 1.807) is 7.05 Å². The minimum absolute atomic E-state index is 0. The predicted molar refractivity (Wildman–Crippen MR) is 119 cm³/mol. The van der Waals surface area contributed by atoms with E-state index in [4.69, 9.17) is 0 Å². The monoisotopic (exact) mass is 472 g/mol. The number of hydrogen-bond donors (Lipinski definition) is 3. The third-order valence-corrected chi connectivity index (χ3v) is 4.87. The molecule has 1 amide bonds. The van der Waals surface area contributed by atoms with Crippen LogP contribution in [0.25, 0.3) is 0 Å². The molecule has 1 saturated carbocycles. The van der Waals surface area contributed by atoms with E-state index in [2.05, 4.69) is 40.9 Å². The maximum absolute atomic E-state index is 11.7. The smallest absolute Gasteiger partial charge is 0.251 e. The van der Waals surface area contributed by atoms with Crippen LogP contribution in [0.5, 0.6) is 0 Å². The molecule has 0 bridgehead atoms. The van der Waals surface area contributed by atoms with Gasteiger partial charge in [-0.3, -0.25) is 9.79 Å². The average molecular weight is 472 g/mol. The maximum atomic E-state index is 11.7. The Morgan fingerprint density at radius 1 is 1.19 bits per heavy atom. The van der Waals surface area contributed by atoms with E-state index < -0.39 is 0 Å². The number of rotatable bonds is 5. The topological polar surface area (TPSA) is 65.5 Å². The molecule has 0 aliphatic heterocycles. The summed E-state index contributed by atoms with van der Waals surface area (Å²) in [7, 11) is 3.47. The van der Waals surface area contributed by atoms with E-state index in [9.17, 15) is 4.79 Å². The summed E-state index contributed by atoms with van der Waals surface area (Å²) in [6, 6.07) is 8.26. The van der Waals surface area contributed by atoms with Crippen molar-refractivity contribution in [2.45, 2.75) is 45.6 Å². The molecule has 5 nitrogen and oxygen atoms in total. The molecular formula is C20H33IN4O. The normalized spacial score (nSPS) is 22.9. The molecule has 6 heteroatoms. The quantitative estimate of drug-likeness (QED) is 0.351. The summed E-state index contributed by atoms with van der Waals surface area (Å²) in [5, 5.41) is 9.62. The van der Waals surface area contributed by atoms with Crippen LogP contribution in [0.3, 0.4) is 0 Å². The zero-order valence-corrected chi connectivity index (χ0v) is 18.7. The van der Waals surface area contributed by atoms with E-state index in [0.717, 1.165) is 36.3 Å². The van der Waals surface area contributed by atoms with Crippen molar-refractivity contribution in [2.24, 2.45) is 16.8 Å². The summed E-state index contributed by atoms with van der Waals surface area (Å²) < 4.78 is 0. The number of aliphatic imine (C=N–C) groups is 1. The summed E-state index contributed by atoms with van der Waals surface area (Å²) in [5.74, 6) is 2.36. The molecule has 1 aromatic rings. The molecule has 26 heavy (non-hydrogen) atoms. The third kappa shape index (κ3) is 7.13. The molecule has 2 atom stereocenters. The number of halogens is 1. The molecule has 0 saturated heterocycles. The SMILES string of the molecule is CN=C(NCCc1cccc(C(=O)NC)c1)NC1CC(C)CC(C)C1.I. The van der Waals surface area contributed by atoms with E-state index in [-0.39, 0.29) is 29.9 Å². The number of benzene rings is 1. The Kier molecular flexibility index (Phi) is 9.98. The zero-order chi connectivity index (χ0) is 18.2. The minimum atomic E-state index is -0.0483. The van der Waals surface area contributed by atoms with Crippen LogP contribution in [0.2, 0.25) is 0 Å². The molecular weight excluding hydrogens is 439 g/mol. The lowest BCUT2D eigenvalue weighted by atomic mass is 9.80. The molecule has 0 heterocycles. The van der Waals surface area contributed by atoms with Crippen LogP contribution in [-0.4, -0.2) is 38.5 Å². The number of nitrogens with one attached hydrogen (secondary N) is 3. The van der Waals surface area contributed by atoms with Crippen LogP contribution in [0.4, 0.5) is 0 Å². The van der Waals surface area contributed by atoms with Crippen LogP contribution in [-0.2, 0) is 6.42 Å². The summed E-state index contributed by atoms with van der Waals surface area (Å²) in [5.41, 5.74) is 1.84. The molecule has 1 fully saturated rings. The second kappa shape index (κ2) is 11.4. The van der Waals surface area contributed by atoms with Crippen molar-refractivity contribution in [1.82, 2.24) is 16.0 Å². The highest BCUT2D eigenvalue weighted by Crippen LogP contribution is 2.28. The van der Waals surface area contributed by atoms with Crippen molar-refractivity contribution in [3.8, 4) is 0 Å². The Labute approximate surface area is 174 Å². The first-order chi connectivity index (χ1) is 12.0. The lowest BCUT2D eigenvalue weighted by Gasteiger charge is -2.32. The molecule has 146 valence electrons. The maximum Gasteiger partial charge on any atom is 0.251 e. The van der Waals surface area contributed by atoms with Gasteiger partial charge >= 0.3 is 0 Å². The number of guanidine groups is 1. The first-order valence-electron chi connectivity index (χ1n) is 9.30. The van der Waals surface area contributed by atoms with Crippen LogP contribution >= 0.6 is 24.0 Å². The van der Waals surface area contributed by atoms with Crippen molar-refractivity contribution < 1.29 is 4.79 Å². The molecule has 3 N–H and O–H groups in total. The summed E-state index contributed by atoms with van der Waals surface area (Å²) >= 11 is 0. The predicted octanol–water partition coefficient (Wildman–Crippen LogP) is 3.20. The molecule has 0 spiro atoms. The van der Waals surface area contributed by atoms with Gasteiger partial charge in [0.05, 0.1) is 0 Å². The fourth-order valence-electron chi connectivity index (χ4n) is 3.79. The largest absolute Gasteiger partial charge is 0.356 e. The number of nitrogens with zero attached hydrogens (tertiary/aromatic N) is 1. The Balaban J connectivity index is 0.00000338. The molecule has 2 rings (SSSR count). The van der Waals surface area contributed by atoms with Gasteiger partial charge in [-0.05, 0) is 55.2 Å². The van der Waals surface area contributed by atoms with Crippen LogP contribution in [0.15, 0.2) is 29.3 Å². The highest BCUT2D eigenvalue weighted by atomic mass is 127. The van der Waals surface area contributed by atoms with Gasteiger partial charge in [0.1, 0.15) is 0 Å². The van der Waals surface area contributed by atoms with Gasteiger partial charge in [0, 0.05) is 32.2 Å². The lowest BCUT2D eigenvalue weighted by molar-refractivity contribution is 0.0963. The third-order valence-electron chi connectivity index (χ3n) is 4.87. The van der Waals surface area contributed by atoms with E-state index in [0.29, 0.717) is 11.6 Å². The molecule has 1 aliphatic carbocycles. The number of hydrogen-bond acceptors (Lipinski definition) is 2. The average Bonchev–Trinajstić information content (AvgIpc) is 2.59. The van der Waals surface area contributed by atoms with Crippen molar-refractivity contribution in [1.29, 1.82) is 0 Å². The Hall–Kier alpha value is -1.31. The van der Waals surface area contributed by atoms with Crippen molar-refractivity contribution in [2.75, 3.05) is 20.6 Å². The Morgan fingerprint density at radius 3 is 2.50 bits per heavy atom. The fourth-order valence-corrected chi connectivity index (χ4v) is 3.79. The fraction of sp³-hybridized carbons (Fsp3) is 0.600. The first kappa shape index (κ1) is 22.7. The van der Waals surface area contributed by atoms with Crippen LogP contribution in [0.1, 0.15) is 49.0 Å².